The van der Waals surface area contributed by atoms with Crippen molar-refractivity contribution in [3.05, 3.63) is 28.8 Å². The summed E-state index contributed by atoms with van der Waals surface area (Å²) in [4.78, 5) is 22.5. The number of nitrogens with one attached hydrogen (secondary N) is 1. The number of amides is 1. The van der Waals surface area contributed by atoms with Crippen LogP contribution in [0.2, 0.25) is 0 Å². The van der Waals surface area contributed by atoms with E-state index in [1.807, 2.05) is 0 Å². The van der Waals surface area contributed by atoms with Crippen molar-refractivity contribution in [2.75, 3.05) is 12.4 Å². The zero-order valence-electron chi connectivity index (χ0n) is 10.5. The van der Waals surface area contributed by atoms with Crippen LogP contribution >= 0.6 is 0 Å². The van der Waals surface area contributed by atoms with Crippen molar-refractivity contribution in [3.8, 4) is 0 Å². The van der Waals surface area contributed by atoms with Crippen LogP contribution in [0.1, 0.15) is 28.4 Å². The Balaban J connectivity index is 3.45. The predicted octanol–water partition coefficient (Wildman–Crippen LogP) is 2.76. The van der Waals surface area contributed by atoms with E-state index in [1.165, 1.54) is 6.92 Å². The maximum absolute atomic E-state index is 12.8. The minimum absolute atomic E-state index is 0.122. The van der Waals surface area contributed by atoms with Crippen molar-refractivity contribution in [1.82, 2.24) is 0 Å². The van der Waals surface area contributed by atoms with Crippen molar-refractivity contribution >= 4 is 17.6 Å². The molecule has 0 bridgehead atoms. The summed E-state index contributed by atoms with van der Waals surface area (Å²) in [7, 11) is 1.10. The number of methoxy groups -OCH3 is 1. The van der Waals surface area contributed by atoms with Crippen LogP contribution in [-0.2, 0) is 15.7 Å². The second-order valence-electron chi connectivity index (χ2n) is 3.88. The molecule has 104 valence electrons. The van der Waals surface area contributed by atoms with Crippen molar-refractivity contribution < 1.29 is 27.5 Å². The summed E-state index contributed by atoms with van der Waals surface area (Å²) in [5, 5.41) is 2.19. The van der Waals surface area contributed by atoms with Crippen molar-refractivity contribution in [2.24, 2.45) is 0 Å². The Kier molecular flexibility index (Phi) is 4.18. The molecule has 0 unspecified atom stereocenters. The number of alkyl halides is 3. The lowest BCUT2D eigenvalue weighted by Crippen LogP contribution is -2.15. The van der Waals surface area contributed by atoms with Crippen LogP contribution in [-0.4, -0.2) is 19.0 Å². The van der Waals surface area contributed by atoms with Crippen LogP contribution < -0.4 is 5.32 Å². The van der Waals surface area contributed by atoms with E-state index in [0.717, 1.165) is 26.2 Å². The fourth-order valence-corrected chi connectivity index (χ4v) is 1.59. The van der Waals surface area contributed by atoms with Gasteiger partial charge in [0.1, 0.15) is 0 Å². The van der Waals surface area contributed by atoms with Crippen LogP contribution in [0.4, 0.5) is 18.9 Å². The third-order valence-electron chi connectivity index (χ3n) is 2.39. The van der Waals surface area contributed by atoms with Crippen molar-refractivity contribution in [1.29, 1.82) is 0 Å². The normalized spacial score (nSPS) is 11.1. The van der Waals surface area contributed by atoms with E-state index in [0.29, 0.717) is 0 Å². The summed E-state index contributed by atoms with van der Waals surface area (Å²) in [5.74, 6) is -1.40. The van der Waals surface area contributed by atoms with E-state index in [2.05, 4.69) is 10.1 Å². The van der Waals surface area contributed by atoms with Crippen molar-refractivity contribution in [2.45, 2.75) is 20.0 Å². The number of hydrogen-bond acceptors (Lipinski definition) is 3. The fourth-order valence-electron chi connectivity index (χ4n) is 1.59. The number of aryl methyl sites for hydroxylation is 1. The minimum atomic E-state index is -4.56. The van der Waals surface area contributed by atoms with Gasteiger partial charge in [-0.15, -0.1) is 0 Å². The molecule has 1 rings (SSSR count). The van der Waals surface area contributed by atoms with E-state index in [1.54, 1.807) is 0 Å². The number of hydrogen-bond donors (Lipinski definition) is 1. The van der Waals surface area contributed by atoms with Gasteiger partial charge in [-0.1, -0.05) is 0 Å². The van der Waals surface area contributed by atoms with E-state index in [-0.39, 0.29) is 16.8 Å². The van der Waals surface area contributed by atoms with E-state index >= 15 is 0 Å². The van der Waals surface area contributed by atoms with E-state index in [4.69, 9.17) is 0 Å². The van der Waals surface area contributed by atoms with Gasteiger partial charge >= 0.3 is 12.1 Å². The van der Waals surface area contributed by atoms with Gasteiger partial charge in [-0.25, -0.2) is 4.79 Å². The monoisotopic (exact) mass is 275 g/mol. The molecule has 0 heterocycles. The highest BCUT2D eigenvalue weighted by Crippen LogP contribution is 2.35. The number of anilines is 1. The maximum atomic E-state index is 12.8. The largest absolute Gasteiger partial charge is 0.465 e. The minimum Gasteiger partial charge on any atom is -0.465 e. The molecule has 0 aliphatic heterocycles. The Morgan fingerprint density at radius 3 is 2.26 bits per heavy atom. The molecular weight excluding hydrogens is 263 g/mol. The topological polar surface area (TPSA) is 55.4 Å². The van der Waals surface area contributed by atoms with Gasteiger partial charge in [0.25, 0.3) is 0 Å². The number of benzene rings is 1. The average molecular weight is 275 g/mol. The Hall–Kier alpha value is -2.05. The molecule has 0 saturated heterocycles. The number of rotatable bonds is 2. The number of esters is 1. The zero-order valence-corrected chi connectivity index (χ0v) is 10.5. The van der Waals surface area contributed by atoms with E-state index in [9.17, 15) is 22.8 Å². The lowest BCUT2D eigenvalue weighted by atomic mass is 10.0. The third kappa shape index (κ3) is 3.46. The van der Waals surface area contributed by atoms with E-state index < -0.39 is 23.6 Å². The molecule has 4 nitrogen and oxygen atoms in total. The Morgan fingerprint density at radius 2 is 1.84 bits per heavy atom. The highest BCUT2D eigenvalue weighted by molar-refractivity contribution is 6.01. The molecule has 1 aromatic carbocycles. The SMILES string of the molecule is COC(=O)c1cc(C)c(C(F)(F)F)cc1NC(C)=O. The first-order chi connectivity index (χ1) is 8.66. The van der Waals surface area contributed by atoms with Crippen LogP contribution in [0.5, 0.6) is 0 Å². The lowest BCUT2D eigenvalue weighted by molar-refractivity contribution is -0.138. The van der Waals surface area contributed by atoms with Gasteiger partial charge in [-0.05, 0) is 24.6 Å². The molecule has 0 saturated carbocycles. The highest BCUT2D eigenvalue weighted by Gasteiger charge is 2.34. The molecule has 0 fully saturated rings. The second kappa shape index (κ2) is 5.29. The van der Waals surface area contributed by atoms with Crippen LogP contribution in [0.3, 0.4) is 0 Å². The quantitative estimate of drug-likeness (QED) is 0.844. The standard InChI is InChI=1S/C12H12F3NO3/c1-6-4-8(11(18)19-3)10(16-7(2)17)5-9(6)12(13,14)15/h4-5H,1-3H3,(H,16,17). The van der Waals surface area contributed by atoms with Gasteiger partial charge < -0.3 is 10.1 Å². The zero-order chi connectivity index (χ0) is 14.8. The molecule has 1 aromatic rings. The number of ether oxygens (including phenoxy) is 1. The van der Waals surface area contributed by atoms with Gasteiger partial charge in [0.2, 0.25) is 5.91 Å². The number of carbonyl (C=O) groups excluding carboxylic acids is 2. The Morgan fingerprint density at radius 1 is 1.26 bits per heavy atom. The second-order valence-corrected chi connectivity index (χ2v) is 3.88. The maximum Gasteiger partial charge on any atom is 0.416 e. The smallest absolute Gasteiger partial charge is 0.416 e. The Bertz CT molecular complexity index is 524. The predicted molar refractivity (Wildman–Crippen MR) is 61.8 cm³/mol. The molecule has 0 aromatic heterocycles. The molecule has 1 amide bonds. The summed E-state index contributed by atoms with van der Waals surface area (Å²) in [6.07, 6.45) is -4.56. The molecule has 0 radical (unpaired) electrons. The first-order valence-corrected chi connectivity index (χ1v) is 5.24. The van der Waals surface area contributed by atoms with Gasteiger partial charge in [0.05, 0.1) is 23.9 Å². The molecule has 0 aliphatic carbocycles. The summed E-state index contributed by atoms with van der Waals surface area (Å²) in [5.41, 5.74) is -1.38. The average Bonchev–Trinajstić information content (AvgIpc) is 2.27. The molecule has 19 heavy (non-hydrogen) atoms. The van der Waals surface area contributed by atoms with Gasteiger partial charge in [0.15, 0.2) is 0 Å². The van der Waals surface area contributed by atoms with Gasteiger partial charge in [0, 0.05) is 6.92 Å². The molecular formula is C12H12F3NO3. The first-order valence-electron chi connectivity index (χ1n) is 5.24. The molecule has 1 N–H and O–H groups in total. The molecule has 0 aliphatic rings. The first kappa shape index (κ1) is 15.0. The lowest BCUT2D eigenvalue weighted by Gasteiger charge is -2.15. The highest BCUT2D eigenvalue weighted by atomic mass is 19.4. The van der Waals surface area contributed by atoms with Crippen LogP contribution in [0, 0.1) is 6.92 Å². The molecule has 0 atom stereocenters. The van der Waals surface area contributed by atoms with Crippen molar-refractivity contribution in [3.63, 3.8) is 0 Å². The third-order valence-corrected chi connectivity index (χ3v) is 2.39. The summed E-state index contributed by atoms with van der Waals surface area (Å²) in [6.45, 7) is 2.36. The summed E-state index contributed by atoms with van der Waals surface area (Å²) >= 11 is 0. The summed E-state index contributed by atoms with van der Waals surface area (Å²) in [6, 6.07) is 1.77. The fraction of sp³-hybridized carbons (Fsp3) is 0.333. The summed E-state index contributed by atoms with van der Waals surface area (Å²) < 4.78 is 42.7. The number of carbonyl (C=O) groups is 2. The number of halogens is 3. The molecule has 7 heteroatoms. The van der Waals surface area contributed by atoms with Gasteiger partial charge in [-0.2, -0.15) is 13.2 Å². The van der Waals surface area contributed by atoms with Crippen LogP contribution in [0.15, 0.2) is 12.1 Å². The van der Waals surface area contributed by atoms with Gasteiger partial charge in [-0.3, -0.25) is 4.79 Å². The molecule has 0 spiro atoms. The van der Waals surface area contributed by atoms with Crippen LogP contribution in [0.25, 0.3) is 0 Å². The Labute approximate surface area is 107 Å².